The largest absolute Gasteiger partial charge is 0.294 e. The molecule has 0 radical (unpaired) electrons. The molecule has 70 valence electrons. The minimum absolute atomic E-state index is 0.00130. The molecule has 1 aromatic rings. The number of hydrogen-bond acceptors (Lipinski definition) is 1. The molecule has 0 spiro atoms. The first kappa shape index (κ1) is 10.9. The molecule has 0 N–H and O–H groups in total. The Balaban J connectivity index is 3.20. The first-order valence-electron chi connectivity index (χ1n) is 3.74. The Kier molecular flexibility index (Phi) is 3.62. The zero-order valence-electron chi connectivity index (χ0n) is 6.90. The quantitative estimate of drug-likeness (QED) is 0.597. The maximum Gasteiger partial charge on any atom is 0.162 e. The van der Waals surface area contributed by atoms with Crippen LogP contribution in [0.25, 0.3) is 0 Å². The fourth-order valence-corrected chi connectivity index (χ4v) is 2.11. The van der Waals surface area contributed by atoms with Crippen LogP contribution in [-0.4, -0.2) is 5.78 Å². The van der Waals surface area contributed by atoms with E-state index >= 15 is 0 Å². The predicted octanol–water partition coefficient (Wildman–Crippen LogP) is 3.94. The van der Waals surface area contributed by atoms with Crippen LogP contribution in [0.3, 0.4) is 0 Å². The van der Waals surface area contributed by atoms with E-state index in [1.54, 1.807) is 6.92 Å². The lowest BCUT2D eigenvalue weighted by Gasteiger charge is -2.02. The van der Waals surface area contributed by atoms with E-state index in [9.17, 15) is 9.18 Å². The molecule has 0 heterocycles. The molecule has 0 saturated heterocycles. The fourth-order valence-electron chi connectivity index (χ4n) is 0.921. The Labute approximate surface area is 92.6 Å². The van der Waals surface area contributed by atoms with Gasteiger partial charge >= 0.3 is 0 Å². The maximum atomic E-state index is 13.1. The van der Waals surface area contributed by atoms with Crippen LogP contribution >= 0.6 is 31.9 Å². The highest BCUT2D eigenvalue weighted by Gasteiger charge is 2.10. The average molecular weight is 310 g/mol. The summed E-state index contributed by atoms with van der Waals surface area (Å²) < 4.78 is 13.7. The summed E-state index contributed by atoms with van der Waals surface area (Å²) in [4.78, 5) is 11.3. The van der Waals surface area contributed by atoms with E-state index in [-0.39, 0.29) is 11.6 Å². The summed E-state index contributed by atoms with van der Waals surface area (Å²) in [5.41, 5.74) is 0.516. The summed E-state index contributed by atoms with van der Waals surface area (Å²) >= 11 is 6.07. The van der Waals surface area contributed by atoms with Gasteiger partial charge in [-0.05, 0) is 44.0 Å². The predicted molar refractivity (Wildman–Crippen MR) is 56.4 cm³/mol. The highest BCUT2D eigenvalue weighted by molar-refractivity contribution is 9.11. The van der Waals surface area contributed by atoms with Crippen molar-refractivity contribution < 1.29 is 9.18 Å². The lowest BCUT2D eigenvalue weighted by atomic mass is 10.1. The molecule has 1 rings (SSSR count). The third-order valence-electron chi connectivity index (χ3n) is 1.63. The van der Waals surface area contributed by atoms with Crippen LogP contribution < -0.4 is 0 Å². The molecule has 0 fully saturated rings. The average Bonchev–Trinajstić information content (AvgIpc) is 2.12. The molecule has 1 aromatic carbocycles. The van der Waals surface area contributed by atoms with Crippen molar-refractivity contribution in [3.05, 3.63) is 32.5 Å². The number of hydrogen-bond donors (Lipinski definition) is 0. The normalized spacial score (nSPS) is 10.2. The summed E-state index contributed by atoms with van der Waals surface area (Å²) in [6, 6.07) is 2.98. The van der Waals surface area contributed by atoms with Gasteiger partial charge in [0.1, 0.15) is 0 Å². The van der Waals surface area contributed by atoms with Gasteiger partial charge in [0.15, 0.2) is 11.6 Å². The lowest BCUT2D eigenvalue weighted by molar-refractivity contribution is 0.0988. The summed E-state index contributed by atoms with van der Waals surface area (Å²) in [6.07, 6.45) is 0.421. The molecule has 0 aliphatic carbocycles. The van der Waals surface area contributed by atoms with Gasteiger partial charge in [0.25, 0.3) is 0 Å². The van der Waals surface area contributed by atoms with Gasteiger partial charge in [-0.3, -0.25) is 4.79 Å². The zero-order valence-corrected chi connectivity index (χ0v) is 10.1. The van der Waals surface area contributed by atoms with Crippen LogP contribution in [0.2, 0.25) is 0 Å². The van der Waals surface area contributed by atoms with Crippen molar-refractivity contribution in [1.29, 1.82) is 0 Å². The van der Waals surface area contributed by atoms with E-state index < -0.39 is 0 Å². The Morgan fingerprint density at radius 3 is 2.23 bits per heavy atom. The highest BCUT2D eigenvalue weighted by Crippen LogP contribution is 2.25. The van der Waals surface area contributed by atoms with Gasteiger partial charge in [-0.2, -0.15) is 0 Å². The molecule has 0 unspecified atom stereocenters. The van der Waals surface area contributed by atoms with E-state index in [1.807, 2.05) is 0 Å². The SMILES string of the molecule is CCC(=O)c1cc(Br)c(F)c(Br)c1. The number of Topliss-reactive ketones (excluding diaryl/α,β-unsaturated/α-hetero) is 1. The topological polar surface area (TPSA) is 17.1 Å². The summed E-state index contributed by atoms with van der Waals surface area (Å²) in [6.45, 7) is 1.77. The Morgan fingerprint density at radius 2 is 1.85 bits per heavy atom. The minimum atomic E-state index is -0.382. The van der Waals surface area contributed by atoms with Crippen LogP contribution in [0.1, 0.15) is 23.7 Å². The van der Waals surface area contributed by atoms with Crippen molar-refractivity contribution in [1.82, 2.24) is 0 Å². The molecule has 0 bridgehead atoms. The van der Waals surface area contributed by atoms with Crippen molar-refractivity contribution in [3.8, 4) is 0 Å². The van der Waals surface area contributed by atoms with Crippen molar-refractivity contribution in [2.24, 2.45) is 0 Å². The number of rotatable bonds is 2. The second-order valence-corrected chi connectivity index (χ2v) is 4.24. The Bertz CT molecular complexity index is 326. The molecule has 4 heteroatoms. The summed E-state index contributed by atoms with van der Waals surface area (Å²) in [7, 11) is 0. The number of halogens is 3. The lowest BCUT2D eigenvalue weighted by Crippen LogP contribution is -1.97. The van der Waals surface area contributed by atoms with E-state index in [4.69, 9.17) is 0 Å². The van der Waals surface area contributed by atoms with Crippen LogP contribution in [0.15, 0.2) is 21.1 Å². The minimum Gasteiger partial charge on any atom is -0.294 e. The molecule has 0 aromatic heterocycles. The van der Waals surface area contributed by atoms with Gasteiger partial charge in [-0.15, -0.1) is 0 Å². The van der Waals surface area contributed by atoms with Gasteiger partial charge in [-0.1, -0.05) is 6.92 Å². The first-order valence-corrected chi connectivity index (χ1v) is 5.32. The smallest absolute Gasteiger partial charge is 0.162 e. The highest BCUT2D eigenvalue weighted by atomic mass is 79.9. The maximum absolute atomic E-state index is 13.1. The fraction of sp³-hybridized carbons (Fsp3) is 0.222. The molecule has 1 nitrogen and oxygen atoms in total. The monoisotopic (exact) mass is 308 g/mol. The Hall–Kier alpha value is -0.220. The third kappa shape index (κ3) is 2.38. The number of carbonyl (C=O) groups is 1. The van der Waals surface area contributed by atoms with Gasteiger partial charge in [0.05, 0.1) is 8.95 Å². The van der Waals surface area contributed by atoms with Crippen molar-refractivity contribution in [2.75, 3.05) is 0 Å². The van der Waals surface area contributed by atoms with Gasteiger partial charge < -0.3 is 0 Å². The van der Waals surface area contributed by atoms with Crippen molar-refractivity contribution in [3.63, 3.8) is 0 Å². The second kappa shape index (κ2) is 4.33. The van der Waals surface area contributed by atoms with Gasteiger partial charge in [0, 0.05) is 12.0 Å². The molecule has 0 atom stereocenters. The van der Waals surface area contributed by atoms with Crippen molar-refractivity contribution in [2.45, 2.75) is 13.3 Å². The summed E-state index contributed by atoms with van der Waals surface area (Å²) in [5, 5.41) is 0. The molecule has 0 aliphatic heterocycles. The summed E-state index contributed by atoms with van der Waals surface area (Å²) in [5.74, 6) is -0.381. The molecule has 0 aliphatic rings. The zero-order chi connectivity index (χ0) is 10.0. The van der Waals surface area contributed by atoms with E-state index in [0.717, 1.165) is 0 Å². The van der Waals surface area contributed by atoms with Crippen LogP contribution in [-0.2, 0) is 0 Å². The number of ketones is 1. The van der Waals surface area contributed by atoms with Gasteiger partial charge in [-0.25, -0.2) is 4.39 Å². The van der Waals surface area contributed by atoms with E-state index in [1.165, 1.54) is 12.1 Å². The molecule has 13 heavy (non-hydrogen) atoms. The standard InChI is InChI=1S/C9H7Br2FO/c1-2-8(13)5-3-6(10)9(12)7(11)4-5/h3-4H,2H2,1H3. The van der Waals surface area contributed by atoms with Gasteiger partial charge in [0.2, 0.25) is 0 Å². The number of benzene rings is 1. The molecular formula is C9H7Br2FO. The van der Waals surface area contributed by atoms with Crippen LogP contribution in [0.4, 0.5) is 4.39 Å². The first-order chi connectivity index (χ1) is 6.06. The van der Waals surface area contributed by atoms with E-state index in [2.05, 4.69) is 31.9 Å². The Morgan fingerprint density at radius 1 is 1.38 bits per heavy atom. The molecular weight excluding hydrogens is 303 g/mol. The van der Waals surface area contributed by atoms with Crippen LogP contribution in [0, 0.1) is 5.82 Å². The molecule has 0 amide bonds. The van der Waals surface area contributed by atoms with E-state index in [0.29, 0.717) is 20.9 Å². The van der Waals surface area contributed by atoms with Crippen LogP contribution in [0.5, 0.6) is 0 Å². The second-order valence-electron chi connectivity index (χ2n) is 2.53. The van der Waals surface area contributed by atoms with Crippen molar-refractivity contribution >= 4 is 37.6 Å². The number of carbonyl (C=O) groups excluding carboxylic acids is 1. The third-order valence-corrected chi connectivity index (χ3v) is 2.78. The molecule has 0 saturated carbocycles.